The Balaban J connectivity index is 2.36. The maximum Gasteiger partial charge on any atom is 0.142 e. The van der Waals surface area contributed by atoms with Crippen molar-refractivity contribution < 1.29 is 4.39 Å². The normalized spacial score (nSPS) is 11.8. The van der Waals surface area contributed by atoms with E-state index in [9.17, 15) is 4.39 Å². The van der Waals surface area contributed by atoms with E-state index in [4.69, 9.17) is 11.6 Å². The predicted octanol–water partition coefficient (Wildman–Crippen LogP) is 3.69. The molecule has 0 saturated carbocycles. The fourth-order valence-corrected chi connectivity index (χ4v) is 2.32. The minimum atomic E-state index is -0.355. The number of hydrogen-bond acceptors (Lipinski definition) is 2. The second-order valence-electron chi connectivity index (χ2n) is 5.35. The summed E-state index contributed by atoms with van der Waals surface area (Å²) in [4.78, 5) is 2.43. The molecule has 2 nitrogen and oxygen atoms in total. The van der Waals surface area contributed by atoms with Gasteiger partial charge in [-0.1, -0.05) is 17.7 Å². The molecule has 19 heavy (non-hydrogen) atoms. The summed E-state index contributed by atoms with van der Waals surface area (Å²) in [6.07, 6.45) is 0. The van der Waals surface area contributed by atoms with Gasteiger partial charge in [-0.15, -0.1) is 0 Å². The Kier molecular flexibility index (Phi) is 6.76. The van der Waals surface area contributed by atoms with Crippen LogP contribution < -0.4 is 5.32 Å². The Labute approximate surface area is 120 Å². The zero-order valence-electron chi connectivity index (χ0n) is 12.2. The molecule has 0 radical (unpaired) electrons. The molecule has 0 unspecified atom stereocenters. The molecular weight excluding hydrogens is 263 g/mol. The molecular formula is C15H24ClFN2. The van der Waals surface area contributed by atoms with Crippen LogP contribution >= 0.6 is 11.6 Å². The van der Waals surface area contributed by atoms with Crippen LogP contribution in [-0.2, 0) is 6.54 Å². The summed E-state index contributed by atoms with van der Waals surface area (Å²) in [6, 6.07) is 6.01. The third kappa shape index (κ3) is 5.47. The second-order valence-corrected chi connectivity index (χ2v) is 5.76. The topological polar surface area (TPSA) is 15.3 Å². The van der Waals surface area contributed by atoms with E-state index in [2.05, 4.69) is 37.9 Å². The van der Waals surface area contributed by atoms with Crippen molar-refractivity contribution in [1.29, 1.82) is 0 Å². The minimum Gasteiger partial charge on any atom is -0.311 e. The predicted molar refractivity (Wildman–Crippen MR) is 80.1 cm³/mol. The zero-order valence-corrected chi connectivity index (χ0v) is 13.0. The third-order valence-electron chi connectivity index (χ3n) is 3.19. The van der Waals surface area contributed by atoms with E-state index >= 15 is 0 Å². The first-order valence-corrected chi connectivity index (χ1v) is 7.20. The molecule has 108 valence electrons. The molecule has 1 aromatic carbocycles. The van der Waals surface area contributed by atoms with Gasteiger partial charge in [0.05, 0.1) is 5.02 Å². The number of halogens is 2. The summed E-state index contributed by atoms with van der Waals surface area (Å²) >= 11 is 5.65. The van der Waals surface area contributed by atoms with E-state index in [0.717, 1.165) is 18.7 Å². The monoisotopic (exact) mass is 286 g/mol. The Morgan fingerprint density at radius 2 is 1.84 bits per heavy atom. The average Bonchev–Trinajstić information content (AvgIpc) is 2.32. The van der Waals surface area contributed by atoms with Crippen LogP contribution in [0.5, 0.6) is 0 Å². The summed E-state index contributed by atoms with van der Waals surface area (Å²) in [5.74, 6) is -0.355. The van der Waals surface area contributed by atoms with Gasteiger partial charge in [0.2, 0.25) is 0 Å². The number of nitrogens with zero attached hydrogens (tertiary/aromatic N) is 1. The lowest BCUT2D eigenvalue weighted by Crippen LogP contribution is -2.41. The van der Waals surface area contributed by atoms with Crippen LogP contribution in [0, 0.1) is 5.82 Å². The Hall–Kier alpha value is -0.640. The van der Waals surface area contributed by atoms with Crippen molar-refractivity contribution in [3.8, 4) is 0 Å². The van der Waals surface area contributed by atoms with Crippen LogP contribution in [0.15, 0.2) is 18.2 Å². The standard InChI is InChI=1S/C15H24ClFN2/c1-11(2)19(12(3)4)8-7-18-10-13-5-6-14(16)15(17)9-13/h5-6,9,11-12,18H,7-8,10H2,1-4H3. The van der Waals surface area contributed by atoms with Gasteiger partial charge in [-0.05, 0) is 45.4 Å². The van der Waals surface area contributed by atoms with Crippen molar-refractivity contribution in [2.45, 2.75) is 46.3 Å². The largest absolute Gasteiger partial charge is 0.311 e. The van der Waals surface area contributed by atoms with Crippen molar-refractivity contribution in [2.75, 3.05) is 13.1 Å². The Morgan fingerprint density at radius 1 is 1.21 bits per heavy atom. The van der Waals surface area contributed by atoms with Crippen LogP contribution in [0.25, 0.3) is 0 Å². The zero-order chi connectivity index (χ0) is 14.4. The summed E-state index contributed by atoms with van der Waals surface area (Å²) in [6.45, 7) is 11.4. The molecule has 0 aliphatic rings. The molecule has 0 aliphatic heterocycles. The van der Waals surface area contributed by atoms with Crippen LogP contribution in [0.2, 0.25) is 5.02 Å². The molecule has 0 atom stereocenters. The summed E-state index contributed by atoms with van der Waals surface area (Å²) in [7, 11) is 0. The third-order valence-corrected chi connectivity index (χ3v) is 3.49. The Morgan fingerprint density at radius 3 is 2.37 bits per heavy atom. The van der Waals surface area contributed by atoms with E-state index in [1.807, 2.05) is 6.07 Å². The van der Waals surface area contributed by atoms with Crippen LogP contribution in [0.4, 0.5) is 4.39 Å². The average molecular weight is 287 g/mol. The first kappa shape index (κ1) is 16.4. The maximum atomic E-state index is 13.3. The summed E-state index contributed by atoms with van der Waals surface area (Å²) in [5.41, 5.74) is 0.919. The highest BCUT2D eigenvalue weighted by molar-refractivity contribution is 6.30. The van der Waals surface area contributed by atoms with Gasteiger partial charge in [0.1, 0.15) is 5.82 Å². The number of rotatable bonds is 7. The van der Waals surface area contributed by atoms with Crippen LogP contribution in [0.3, 0.4) is 0 Å². The Bertz CT molecular complexity index is 386. The van der Waals surface area contributed by atoms with Gasteiger partial charge < -0.3 is 5.32 Å². The van der Waals surface area contributed by atoms with Gasteiger partial charge in [0, 0.05) is 31.7 Å². The fourth-order valence-electron chi connectivity index (χ4n) is 2.20. The molecule has 4 heteroatoms. The second kappa shape index (κ2) is 7.83. The number of benzene rings is 1. The van der Waals surface area contributed by atoms with Crippen LogP contribution in [0.1, 0.15) is 33.3 Å². The number of nitrogens with one attached hydrogen (secondary N) is 1. The van der Waals surface area contributed by atoms with E-state index in [1.165, 1.54) is 6.07 Å². The molecule has 1 N–H and O–H groups in total. The van der Waals surface area contributed by atoms with Crippen molar-refractivity contribution in [3.63, 3.8) is 0 Å². The number of hydrogen-bond donors (Lipinski definition) is 1. The van der Waals surface area contributed by atoms with Crippen molar-refractivity contribution >= 4 is 11.6 Å². The lowest BCUT2D eigenvalue weighted by atomic mass is 10.2. The van der Waals surface area contributed by atoms with E-state index < -0.39 is 0 Å². The molecule has 0 amide bonds. The minimum absolute atomic E-state index is 0.176. The van der Waals surface area contributed by atoms with E-state index in [1.54, 1.807) is 6.07 Å². The molecule has 1 aromatic rings. The fraction of sp³-hybridized carbons (Fsp3) is 0.600. The first-order chi connectivity index (χ1) is 8.91. The summed E-state index contributed by atoms with van der Waals surface area (Å²) < 4.78 is 13.3. The van der Waals surface area contributed by atoms with E-state index in [0.29, 0.717) is 18.6 Å². The van der Waals surface area contributed by atoms with Gasteiger partial charge in [-0.2, -0.15) is 0 Å². The van der Waals surface area contributed by atoms with Gasteiger partial charge >= 0.3 is 0 Å². The van der Waals surface area contributed by atoms with Gasteiger partial charge in [-0.25, -0.2) is 4.39 Å². The lowest BCUT2D eigenvalue weighted by molar-refractivity contribution is 0.176. The molecule has 0 spiro atoms. The van der Waals surface area contributed by atoms with Crippen LogP contribution in [-0.4, -0.2) is 30.1 Å². The molecule has 1 rings (SSSR count). The smallest absolute Gasteiger partial charge is 0.142 e. The maximum absolute atomic E-state index is 13.3. The highest BCUT2D eigenvalue weighted by atomic mass is 35.5. The van der Waals surface area contributed by atoms with Crippen molar-refractivity contribution in [3.05, 3.63) is 34.6 Å². The van der Waals surface area contributed by atoms with E-state index in [-0.39, 0.29) is 10.8 Å². The van der Waals surface area contributed by atoms with Gasteiger partial charge in [0.15, 0.2) is 0 Å². The van der Waals surface area contributed by atoms with Gasteiger partial charge in [0.25, 0.3) is 0 Å². The molecule has 0 heterocycles. The molecule has 0 bridgehead atoms. The molecule has 0 aliphatic carbocycles. The lowest BCUT2D eigenvalue weighted by Gasteiger charge is -2.30. The molecule has 0 fully saturated rings. The molecule has 0 saturated heterocycles. The molecule has 0 aromatic heterocycles. The van der Waals surface area contributed by atoms with Crippen molar-refractivity contribution in [2.24, 2.45) is 0 Å². The SMILES string of the molecule is CC(C)N(CCNCc1ccc(Cl)c(F)c1)C(C)C. The van der Waals surface area contributed by atoms with Crippen molar-refractivity contribution in [1.82, 2.24) is 10.2 Å². The van der Waals surface area contributed by atoms with Gasteiger partial charge in [-0.3, -0.25) is 4.90 Å². The highest BCUT2D eigenvalue weighted by Gasteiger charge is 2.12. The summed E-state index contributed by atoms with van der Waals surface area (Å²) in [5, 5.41) is 3.51. The first-order valence-electron chi connectivity index (χ1n) is 6.82. The highest BCUT2D eigenvalue weighted by Crippen LogP contribution is 2.15. The quantitative estimate of drug-likeness (QED) is 0.769.